The summed E-state index contributed by atoms with van der Waals surface area (Å²) in [7, 11) is 0. The molecule has 4 rings (SSSR count). The summed E-state index contributed by atoms with van der Waals surface area (Å²) in [6, 6.07) is 12.0. The monoisotopic (exact) mass is 377 g/mol. The van der Waals surface area contributed by atoms with Crippen LogP contribution in [0.3, 0.4) is 0 Å². The normalized spacial score (nSPS) is 16.0. The van der Waals surface area contributed by atoms with Gasteiger partial charge in [-0.2, -0.15) is 10.2 Å². The molecule has 6 nitrogen and oxygen atoms in total. The Bertz CT molecular complexity index is 1020. The van der Waals surface area contributed by atoms with E-state index in [1.165, 1.54) is 24.0 Å². The lowest BCUT2D eigenvalue weighted by atomic mass is 9.93. The average Bonchev–Trinajstić information content (AvgIpc) is 3.20. The number of hydrogen-bond acceptors (Lipinski definition) is 5. The van der Waals surface area contributed by atoms with Crippen molar-refractivity contribution in [1.29, 1.82) is 0 Å². The molecule has 7 heteroatoms. The Hall–Kier alpha value is -3.35. The molecule has 1 aromatic heterocycles. The molecule has 0 atom stereocenters. The second-order valence-electron chi connectivity index (χ2n) is 7.24. The zero-order chi connectivity index (χ0) is 19.6. The Morgan fingerprint density at radius 3 is 2.79 bits per heavy atom. The predicted molar refractivity (Wildman–Crippen MR) is 105 cm³/mol. The number of aryl methyl sites for hydroxylation is 1. The number of aromatic nitrogens is 3. The lowest BCUT2D eigenvalue weighted by Crippen LogP contribution is -2.32. The van der Waals surface area contributed by atoms with Gasteiger partial charge in [0.05, 0.1) is 6.21 Å². The third-order valence-corrected chi connectivity index (χ3v) is 4.57. The van der Waals surface area contributed by atoms with E-state index in [9.17, 15) is 4.39 Å². The van der Waals surface area contributed by atoms with Crippen molar-refractivity contribution in [2.24, 2.45) is 10.2 Å². The van der Waals surface area contributed by atoms with E-state index >= 15 is 0 Å². The van der Waals surface area contributed by atoms with E-state index in [-0.39, 0.29) is 11.4 Å². The van der Waals surface area contributed by atoms with Crippen molar-refractivity contribution in [3.63, 3.8) is 0 Å². The third-order valence-electron chi connectivity index (χ3n) is 4.57. The van der Waals surface area contributed by atoms with E-state index in [1.54, 1.807) is 29.4 Å². The summed E-state index contributed by atoms with van der Waals surface area (Å²) >= 11 is 0. The van der Waals surface area contributed by atoms with Crippen molar-refractivity contribution in [1.82, 2.24) is 14.8 Å². The van der Waals surface area contributed by atoms with Crippen molar-refractivity contribution in [2.75, 3.05) is 0 Å². The number of fused-ring (bicyclic) bond motifs is 1. The van der Waals surface area contributed by atoms with Gasteiger partial charge in [0.15, 0.2) is 5.84 Å². The van der Waals surface area contributed by atoms with Crippen molar-refractivity contribution in [3.05, 3.63) is 77.6 Å². The molecule has 0 saturated carbocycles. The molecule has 0 radical (unpaired) electrons. The molecule has 2 heterocycles. The standard InChI is InChI=1S/C21H20FN5O/c1-21(2)10-9-16-5-6-17(11-19(16)28-21)20(27-14-23-13-25-27)26-24-12-15-3-7-18(22)8-4-15/h3-8,11-14H,9-10H2,1-2H3. The number of rotatable bonds is 3. The van der Waals surface area contributed by atoms with Crippen LogP contribution in [0.1, 0.15) is 37.0 Å². The molecule has 1 aliphatic heterocycles. The fraction of sp³-hybridized carbons (Fsp3) is 0.238. The zero-order valence-corrected chi connectivity index (χ0v) is 15.7. The first kappa shape index (κ1) is 18.0. The van der Waals surface area contributed by atoms with Crippen LogP contribution in [0.5, 0.6) is 5.75 Å². The van der Waals surface area contributed by atoms with Crippen LogP contribution in [-0.4, -0.2) is 32.4 Å². The number of nitrogens with zero attached hydrogens (tertiary/aromatic N) is 5. The van der Waals surface area contributed by atoms with Crippen LogP contribution >= 0.6 is 0 Å². The Morgan fingerprint density at radius 1 is 1.21 bits per heavy atom. The molecule has 0 bridgehead atoms. The van der Waals surface area contributed by atoms with E-state index in [0.29, 0.717) is 5.84 Å². The Morgan fingerprint density at radius 2 is 2.04 bits per heavy atom. The van der Waals surface area contributed by atoms with Crippen LogP contribution in [0.2, 0.25) is 0 Å². The molecule has 2 aromatic carbocycles. The summed E-state index contributed by atoms with van der Waals surface area (Å²) in [5.74, 6) is 1.08. The van der Waals surface area contributed by atoms with E-state index in [1.807, 2.05) is 12.1 Å². The first-order valence-corrected chi connectivity index (χ1v) is 9.04. The zero-order valence-electron chi connectivity index (χ0n) is 15.7. The van der Waals surface area contributed by atoms with Gasteiger partial charge in [-0.1, -0.05) is 24.3 Å². The van der Waals surface area contributed by atoms with E-state index in [4.69, 9.17) is 4.74 Å². The van der Waals surface area contributed by atoms with Crippen LogP contribution in [0.15, 0.2) is 65.3 Å². The van der Waals surface area contributed by atoms with Crippen molar-refractivity contribution >= 4 is 12.1 Å². The SMILES string of the molecule is CC1(C)CCc2ccc(C(=NN=Cc3ccc(F)cc3)n3cncn3)cc2O1. The molecule has 0 aliphatic carbocycles. The second kappa shape index (κ2) is 7.34. The van der Waals surface area contributed by atoms with Crippen LogP contribution < -0.4 is 4.74 Å². The van der Waals surface area contributed by atoms with Gasteiger partial charge in [0, 0.05) is 5.56 Å². The molecule has 0 spiro atoms. The van der Waals surface area contributed by atoms with E-state index in [0.717, 1.165) is 29.7 Å². The van der Waals surface area contributed by atoms with Crippen molar-refractivity contribution in [2.45, 2.75) is 32.3 Å². The summed E-state index contributed by atoms with van der Waals surface area (Å²) in [4.78, 5) is 4.00. The Kier molecular flexibility index (Phi) is 4.73. The molecule has 28 heavy (non-hydrogen) atoms. The molecule has 0 unspecified atom stereocenters. The highest BCUT2D eigenvalue weighted by atomic mass is 19.1. The highest BCUT2D eigenvalue weighted by Crippen LogP contribution is 2.33. The number of benzene rings is 2. The van der Waals surface area contributed by atoms with Crippen molar-refractivity contribution in [3.8, 4) is 5.75 Å². The van der Waals surface area contributed by atoms with E-state index in [2.05, 4.69) is 40.2 Å². The van der Waals surface area contributed by atoms with Crippen LogP contribution in [0.25, 0.3) is 0 Å². The molecule has 0 N–H and O–H groups in total. The number of halogens is 1. The molecular weight excluding hydrogens is 357 g/mol. The molecule has 142 valence electrons. The van der Waals surface area contributed by atoms with Gasteiger partial charge in [-0.25, -0.2) is 14.1 Å². The minimum atomic E-state index is -0.291. The van der Waals surface area contributed by atoms with Gasteiger partial charge in [-0.05, 0) is 56.0 Å². The number of hydrogen-bond donors (Lipinski definition) is 0. The molecule has 0 saturated heterocycles. The minimum absolute atomic E-state index is 0.197. The van der Waals surface area contributed by atoms with Crippen LogP contribution in [0.4, 0.5) is 4.39 Å². The maximum absolute atomic E-state index is 13.0. The first-order chi connectivity index (χ1) is 13.5. The van der Waals surface area contributed by atoms with Gasteiger partial charge in [-0.15, -0.1) is 5.10 Å². The Balaban J connectivity index is 1.68. The average molecular weight is 377 g/mol. The third kappa shape index (κ3) is 3.98. The van der Waals surface area contributed by atoms with Gasteiger partial charge < -0.3 is 4.74 Å². The largest absolute Gasteiger partial charge is 0.488 e. The topological polar surface area (TPSA) is 64.7 Å². The van der Waals surface area contributed by atoms with Crippen LogP contribution in [0, 0.1) is 5.82 Å². The lowest BCUT2D eigenvalue weighted by Gasteiger charge is -2.32. The van der Waals surface area contributed by atoms with Gasteiger partial charge in [-0.3, -0.25) is 0 Å². The molecular formula is C21H20FN5O. The quantitative estimate of drug-likeness (QED) is 0.396. The van der Waals surface area contributed by atoms with Crippen LogP contribution in [-0.2, 0) is 6.42 Å². The molecule has 1 aliphatic rings. The number of ether oxygens (including phenoxy) is 1. The maximum Gasteiger partial charge on any atom is 0.184 e. The summed E-state index contributed by atoms with van der Waals surface area (Å²) in [5, 5.41) is 12.7. The Labute approximate surface area is 162 Å². The van der Waals surface area contributed by atoms with Gasteiger partial charge in [0.1, 0.15) is 29.8 Å². The van der Waals surface area contributed by atoms with Gasteiger partial charge in [0.25, 0.3) is 0 Å². The summed E-state index contributed by atoms with van der Waals surface area (Å²) in [6.07, 6.45) is 6.52. The maximum atomic E-state index is 13.0. The summed E-state index contributed by atoms with van der Waals surface area (Å²) in [6.45, 7) is 4.17. The molecule has 0 amide bonds. The highest BCUT2D eigenvalue weighted by molar-refractivity contribution is 6.00. The van der Waals surface area contributed by atoms with E-state index < -0.39 is 0 Å². The summed E-state index contributed by atoms with van der Waals surface area (Å²) < 4.78 is 20.7. The second-order valence-corrected chi connectivity index (χ2v) is 7.24. The van der Waals surface area contributed by atoms with Gasteiger partial charge >= 0.3 is 0 Å². The predicted octanol–water partition coefficient (Wildman–Crippen LogP) is 3.85. The first-order valence-electron chi connectivity index (χ1n) is 9.04. The molecule has 3 aromatic rings. The lowest BCUT2D eigenvalue weighted by molar-refractivity contribution is 0.0847. The highest BCUT2D eigenvalue weighted by Gasteiger charge is 2.27. The summed E-state index contributed by atoms with van der Waals surface area (Å²) in [5.41, 5.74) is 2.55. The fourth-order valence-corrected chi connectivity index (χ4v) is 3.03. The smallest absolute Gasteiger partial charge is 0.184 e. The van der Waals surface area contributed by atoms with Gasteiger partial charge in [0.2, 0.25) is 0 Å². The van der Waals surface area contributed by atoms with Crippen molar-refractivity contribution < 1.29 is 9.13 Å². The molecule has 0 fully saturated rings. The minimum Gasteiger partial charge on any atom is -0.488 e. The fourth-order valence-electron chi connectivity index (χ4n) is 3.03.